The molecule has 6 heteroatoms. The van der Waals surface area contributed by atoms with Gasteiger partial charge in [0.25, 0.3) is 0 Å². The number of carbonyl (C=O) groups excluding carboxylic acids is 2. The molecule has 1 amide bonds. The fourth-order valence-electron chi connectivity index (χ4n) is 7.70. The van der Waals surface area contributed by atoms with Crippen molar-refractivity contribution in [2.24, 2.45) is 0 Å². The summed E-state index contributed by atoms with van der Waals surface area (Å²) in [6, 6.07) is -0.698. The van der Waals surface area contributed by atoms with Gasteiger partial charge in [0.1, 0.15) is 6.10 Å². The summed E-state index contributed by atoms with van der Waals surface area (Å²) < 4.78 is 5.92. The smallest absolute Gasteiger partial charge is 0.306 e. The number of unbranched alkanes of at least 4 members (excludes halogenated alkanes) is 29. The number of allylic oxidation sites excluding steroid dienone is 4. The van der Waals surface area contributed by atoms with E-state index in [1.54, 1.807) is 0 Å². The van der Waals surface area contributed by atoms with E-state index >= 15 is 0 Å². The van der Waals surface area contributed by atoms with Gasteiger partial charge in [-0.05, 0) is 57.8 Å². The van der Waals surface area contributed by atoms with Gasteiger partial charge in [0.2, 0.25) is 5.91 Å². The summed E-state index contributed by atoms with van der Waals surface area (Å²) in [5.74, 6) is -0.471. The van der Waals surface area contributed by atoms with Gasteiger partial charge in [-0.2, -0.15) is 0 Å². The molecule has 0 aromatic rings. The average Bonchev–Trinajstić information content (AvgIpc) is 3.20. The molecule has 0 aromatic carbocycles. The molecule has 3 unspecified atom stereocenters. The van der Waals surface area contributed by atoms with Crippen molar-refractivity contribution in [3.8, 4) is 0 Å². The van der Waals surface area contributed by atoms with Crippen molar-refractivity contribution in [1.29, 1.82) is 0 Å². The number of rotatable bonds is 45. The Balaban J connectivity index is 4.57. The highest BCUT2D eigenvalue weighted by atomic mass is 16.5. The Morgan fingerprint density at radius 3 is 1.37 bits per heavy atom. The van der Waals surface area contributed by atoms with Crippen LogP contribution in [0.1, 0.15) is 265 Å². The van der Waals surface area contributed by atoms with Crippen LogP contribution in [-0.2, 0) is 14.3 Å². The van der Waals surface area contributed by atoms with Gasteiger partial charge in [0.15, 0.2) is 0 Å². The third kappa shape index (κ3) is 40.9. The molecule has 0 fully saturated rings. The minimum Gasteiger partial charge on any atom is -0.462 e. The van der Waals surface area contributed by atoms with E-state index in [4.69, 9.17) is 4.74 Å². The second kappa shape index (κ2) is 45.4. The van der Waals surface area contributed by atoms with Crippen molar-refractivity contribution in [2.75, 3.05) is 6.61 Å². The Morgan fingerprint density at radius 2 is 0.895 bits per heavy atom. The maximum absolute atomic E-state index is 13.2. The van der Waals surface area contributed by atoms with Crippen molar-refractivity contribution >= 4 is 11.9 Å². The number of esters is 1. The predicted octanol–water partition coefficient (Wildman–Crippen LogP) is 14.7. The van der Waals surface area contributed by atoms with E-state index in [-0.39, 0.29) is 24.9 Å². The largest absolute Gasteiger partial charge is 0.462 e. The molecule has 0 aromatic heterocycles. The number of aliphatic hydroxyl groups excluding tert-OH is 2. The summed E-state index contributed by atoms with van der Waals surface area (Å²) >= 11 is 0. The summed E-state index contributed by atoms with van der Waals surface area (Å²) in [4.78, 5) is 26.1. The van der Waals surface area contributed by atoms with Crippen LogP contribution in [0.3, 0.4) is 0 Å². The fourth-order valence-corrected chi connectivity index (χ4v) is 7.70. The Labute approximate surface area is 354 Å². The van der Waals surface area contributed by atoms with Crippen molar-refractivity contribution < 1.29 is 24.5 Å². The van der Waals surface area contributed by atoms with Crippen LogP contribution in [-0.4, -0.2) is 46.9 Å². The van der Waals surface area contributed by atoms with Crippen LogP contribution >= 0.6 is 0 Å². The number of nitrogens with one attached hydrogen (secondary N) is 1. The first-order valence-electron chi connectivity index (χ1n) is 25.1. The van der Waals surface area contributed by atoms with E-state index in [0.29, 0.717) is 19.3 Å². The summed E-state index contributed by atoms with van der Waals surface area (Å²) in [5.41, 5.74) is 0. The second-order valence-corrected chi connectivity index (χ2v) is 17.2. The van der Waals surface area contributed by atoms with Crippen LogP contribution in [0, 0.1) is 0 Å². The predicted molar refractivity (Wildman–Crippen MR) is 246 cm³/mol. The maximum atomic E-state index is 13.2. The van der Waals surface area contributed by atoms with E-state index in [1.807, 2.05) is 0 Å². The third-order valence-electron chi connectivity index (χ3n) is 11.5. The minimum absolute atomic E-state index is 0.0770. The van der Waals surface area contributed by atoms with Crippen LogP contribution in [0.5, 0.6) is 0 Å². The second-order valence-electron chi connectivity index (χ2n) is 17.2. The van der Waals surface area contributed by atoms with E-state index in [0.717, 1.165) is 70.6 Å². The van der Waals surface area contributed by atoms with Gasteiger partial charge in [0, 0.05) is 6.42 Å². The lowest BCUT2D eigenvalue weighted by atomic mass is 10.0. The molecule has 3 N–H and O–H groups in total. The molecule has 3 atom stereocenters. The minimum atomic E-state index is -0.784. The highest BCUT2D eigenvalue weighted by Gasteiger charge is 2.24. The highest BCUT2D eigenvalue weighted by Crippen LogP contribution is 2.18. The van der Waals surface area contributed by atoms with Gasteiger partial charge in [-0.25, -0.2) is 0 Å². The molecule has 0 rings (SSSR count). The fraction of sp³-hybridized carbons (Fsp3) is 0.882. The first kappa shape index (κ1) is 55.3. The number of hydrogen-bond acceptors (Lipinski definition) is 5. The van der Waals surface area contributed by atoms with Crippen molar-refractivity contribution in [1.82, 2.24) is 5.32 Å². The molecule has 0 aliphatic heterocycles. The summed E-state index contributed by atoms with van der Waals surface area (Å²) in [6.07, 6.45) is 50.9. The maximum Gasteiger partial charge on any atom is 0.306 e. The quantitative estimate of drug-likeness (QED) is 0.0324. The highest BCUT2D eigenvalue weighted by molar-refractivity contribution is 5.77. The molecule has 0 saturated carbocycles. The zero-order valence-corrected chi connectivity index (χ0v) is 38.2. The third-order valence-corrected chi connectivity index (χ3v) is 11.5. The van der Waals surface area contributed by atoms with Gasteiger partial charge in [-0.15, -0.1) is 0 Å². The zero-order chi connectivity index (χ0) is 41.7. The number of hydrogen-bond donors (Lipinski definition) is 3. The first-order valence-corrected chi connectivity index (χ1v) is 25.1. The van der Waals surface area contributed by atoms with Crippen molar-refractivity contribution in [3.63, 3.8) is 0 Å². The number of ether oxygens (including phenoxy) is 1. The van der Waals surface area contributed by atoms with E-state index in [9.17, 15) is 19.8 Å². The normalized spacial score (nSPS) is 13.4. The van der Waals surface area contributed by atoms with E-state index < -0.39 is 18.2 Å². The molecule has 57 heavy (non-hydrogen) atoms. The SMILES string of the molecule is CCCCC/C=C\C/C=C\CCCCCCCCCC(CC(=O)NC(CO)C(O)CCCCCCCCCCC)OC(=O)CCCCCCCCCCCCCC. The summed E-state index contributed by atoms with van der Waals surface area (Å²) in [7, 11) is 0. The lowest BCUT2D eigenvalue weighted by Gasteiger charge is -2.24. The summed E-state index contributed by atoms with van der Waals surface area (Å²) in [6.45, 7) is 6.44. The van der Waals surface area contributed by atoms with Gasteiger partial charge >= 0.3 is 5.97 Å². The molecule has 6 nitrogen and oxygen atoms in total. The average molecular weight is 804 g/mol. The molecular weight excluding hydrogens is 707 g/mol. The van der Waals surface area contributed by atoms with Crippen LogP contribution in [0.25, 0.3) is 0 Å². The van der Waals surface area contributed by atoms with E-state index in [2.05, 4.69) is 50.4 Å². The molecule has 336 valence electrons. The molecule has 0 heterocycles. The van der Waals surface area contributed by atoms with Crippen LogP contribution in [0.2, 0.25) is 0 Å². The first-order chi connectivity index (χ1) is 28.0. The van der Waals surface area contributed by atoms with Crippen LogP contribution < -0.4 is 5.32 Å². The topological polar surface area (TPSA) is 95.9 Å². The Hall–Kier alpha value is -1.66. The van der Waals surface area contributed by atoms with Gasteiger partial charge in [-0.1, -0.05) is 218 Å². The Morgan fingerprint density at radius 1 is 0.509 bits per heavy atom. The lowest BCUT2D eigenvalue weighted by molar-refractivity contribution is -0.151. The number of amides is 1. The molecule has 0 saturated heterocycles. The van der Waals surface area contributed by atoms with Crippen LogP contribution in [0.4, 0.5) is 0 Å². The van der Waals surface area contributed by atoms with Gasteiger partial charge < -0.3 is 20.3 Å². The number of carbonyl (C=O) groups is 2. The zero-order valence-electron chi connectivity index (χ0n) is 38.2. The standard InChI is InChI=1S/C51H97NO5/c1-4-7-10-13-16-19-21-23-24-25-26-27-28-31-33-36-39-42-47(57-51(56)44-41-38-35-32-29-22-20-17-14-11-8-5-2)45-50(55)52-48(46-53)49(54)43-40-37-34-30-18-15-12-9-6-3/h16,19,23-24,47-49,53-54H,4-15,17-18,20-22,25-46H2,1-3H3,(H,52,55)/b19-16-,24-23-. The van der Waals surface area contributed by atoms with Gasteiger partial charge in [-0.3, -0.25) is 9.59 Å². The van der Waals surface area contributed by atoms with Crippen LogP contribution in [0.15, 0.2) is 24.3 Å². The molecule has 0 aliphatic rings. The Kier molecular flexibility index (Phi) is 44.1. The molecule has 0 bridgehead atoms. The number of aliphatic hydroxyl groups is 2. The Bertz CT molecular complexity index is 904. The van der Waals surface area contributed by atoms with E-state index in [1.165, 1.54) is 148 Å². The molecule has 0 radical (unpaired) electrons. The van der Waals surface area contributed by atoms with Gasteiger partial charge in [0.05, 0.1) is 25.2 Å². The lowest BCUT2D eigenvalue weighted by Crippen LogP contribution is -2.46. The van der Waals surface area contributed by atoms with Crippen molar-refractivity contribution in [2.45, 2.75) is 283 Å². The molecule has 0 spiro atoms. The summed E-state index contributed by atoms with van der Waals surface area (Å²) in [5, 5.41) is 23.7. The molecular formula is C51H97NO5. The molecule has 0 aliphatic carbocycles. The monoisotopic (exact) mass is 804 g/mol. The van der Waals surface area contributed by atoms with Crippen molar-refractivity contribution in [3.05, 3.63) is 24.3 Å².